The number of aliphatic hydroxyl groups excluding tert-OH is 1. The summed E-state index contributed by atoms with van der Waals surface area (Å²) >= 11 is 6.00. The van der Waals surface area contributed by atoms with Crippen LogP contribution in [-0.4, -0.2) is 18.8 Å². The van der Waals surface area contributed by atoms with Crippen molar-refractivity contribution in [2.75, 3.05) is 13.7 Å². The van der Waals surface area contributed by atoms with Gasteiger partial charge in [-0.25, -0.2) is 0 Å². The van der Waals surface area contributed by atoms with Gasteiger partial charge in [-0.3, -0.25) is 0 Å². The molecule has 0 fully saturated rings. The Kier molecular flexibility index (Phi) is 4.84. The molecule has 96 valence electrons. The number of rotatable bonds is 4. The molecule has 0 bridgehead atoms. The van der Waals surface area contributed by atoms with Gasteiger partial charge in [0.25, 0.3) is 0 Å². The van der Waals surface area contributed by atoms with Crippen LogP contribution in [0, 0.1) is 11.3 Å². The Labute approximate surface area is 109 Å². The zero-order valence-electron chi connectivity index (χ0n) is 11.0. The molecule has 0 amide bonds. The third kappa shape index (κ3) is 3.90. The number of aliphatic hydroxyl groups is 1. The van der Waals surface area contributed by atoms with E-state index in [4.69, 9.17) is 16.3 Å². The van der Waals surface area contributed by atoms with Gasteiger partial charge in [-0.15, -0.1) is 0 Å². The van der Waals surface area contributed by atoms with E-state index in [1.165, 1.54) is 0 Å². The van der Waals surface area contributed by atoms with Gasteiger partial charge in [-0.1, -0.05) is 32.4 Å². The number of hydrogen-bond acceptors (Lipinski definition) is 2. The van der Waals surface area contributed by atoms with Crippen LogP contribution >= 0.6 is 11.6 Å². The van der Waals surface area contributed by atoms with Crippen molar-refractivity contribution in [3.63, 3.8) is 0 Å². The monoisotopic (exact) mass is 256 g/mol. The van der Waals surface area contributed by atoms with Crippen molar-refractivity contribution < 1.29 is 9.84 Å². The molecule has 1 unspecified atom stereocenters. The molecule has 0 heterocycles. The molecule has 0 aliphatic carbocycles. The molecule has 0 spiro atoms. The van der Waals surface area contributed by atoms with Crippen LogP contribution in [0.25, 0.3) is 0 Å². The summed E-state index contributed by atoms with van der Waals surface area (Å²) < 4.78 is 5.32. The molecular weight excluding hydrogens is 236 g/mol. The van der Waals surface area contributed by atoms with Gasteiger partial charge in [0.1, 0.15) is 5.75 Å². The molecular formula is C14H21ClO2. The normalized spacial score (nSPS) is 13.5. The van der Waals surface area contributed by atoms with Crippen LogP contribution in [0.1, 0.15) is 26.3 Å². The van der Waals surface area contributed by atoms with Crippen LogP contribution in [0.2, 0.25) is 5.02 Å². The minimum Gasteiger partial charge on any atom is -0.496 e. The third-order valence-corrected chi connectivity index (χ3v) is 3.39. The van der Waals surface area contributed by atoms with E-state index in [9.17, 15) is 5.11 Å². The van der Waals surface area contributed by atoms with E-state index < -0.39 is 0 Å². The summed E-state index contributed by atoms with van der Waals surface area (Å²) in [5, 5.41) is 10.2. The topological polar surface area (TPSA) is 29.5 Å². The minimum atomic E-state index is 0.0576. The highest BCUT2D eigenvalue weighted by atomic mass is 35.5. The van der Waals surface area contributed by atoms with Gasteiger partial charge in [-0.2, -0.15) is 0 Å². The summed E-state index contributed by atoms with van der Waals surface area (Å²) in [4.78, 5) is 0. The second-order valence-corrected chi connectivity index (χ2v) is 5.84. The van der Waals surface area contributed by atoms with Crippen LogP contribution in [0.4, 0.5) is 0 Å². The predicted molar refractivity (Wildman–Crippen MR) is 71.7 cm³/mol. The summed E-state index contributed by atoms with van der Waals surface area (Å²) in [6.45, 7) is 6.56. The summed E-state index contributed by atoms with van der Waals surface area (Å²) in [6, 6.07) is 5.60. The van der Waals surface area contributed by atoms with Crippen molar-refractivity contribution in [1.29, 1.82) is 0 Å². The van der Waals surface area contributed by atoms with Gasteiger partial charge in [0, 0.05) is 11.6 Å². The van der Waals surface area contributed by atoms with Crippen LogP contribution in [0.15, 0.2) is 18.2 Å². The van der Waals surface area contributed by atoms with E-state index >= 15 is 0 Å². The second-order valence-electron chi connectivity index (χ2n) is 5.41. The molecule has 3 heteroatoms. The smallest absolute Gasteiger partial charge is 0.122 e. The average Bonchev–Trinajstić information content (AvgIpc) is 2.24. The Balaban J connectivity index is 2.96. The number of benzene rings is 1. The van der Waals surface area contributed by atoms with Gasteiger partial charge < -0.3 is 9.84 Å². The molecule has 0 aliphatic heterocycles. The Morgan fingerprint density at radius 2 is 2.00 bits per heavy atom. The molecule has 1 aromatic rings. The average molecular weight is 257 g/mol. The lowest BCUT2D eigenvalue weighted by Crippen LogP contribution is -2.26. The second kappa shape index (κ2) is 5.74. The fourth-order valence-electron chi connectivity index (χ4n) is 1.82. The lowest BCUT2D eigenvalue weighted by Gasteiger charge is -2.29. The Hall–Kier alpha value is -0.730. The van der Waals surface area contributed by atoms with Gasteiger partial charge >= 0.3 is 0 Å². The highest BCUT2D eigenvalue weighted by molar-refractivity contribution is 6.30. The summed E-state index contributed by atoms with van der Waals surface area (Å²) in [7, 11) is 1.65. The molecule has 1 rings (SSSR count). The SMILES string of the molecule is COc1ccc(Cl)cc1CC(CO)C(C)(C)C. The summed E-state index contributed by atoms with van der Waals surface area (Å²) in [6.07, 6.45) is 0.768. The minimum absolute atomic E-state index is 0.0576. The van der Waals surface area contributed by atoms with E-state index in [2.05, 4.69) is 20.8 Å². The third-order valence-electron chi connectivity index (χ3n) is 3.15. The molecule has 1 atom stereocenters. The highest BCUT2D eigenvalue weighted by Crippen LogP contribution is 2.32. The fraction of sp³-hybridized carbons (Fsp3) is 0.571. The maximum absolute atomic E-state index is 9.48. The van der Waals surface area contributed by atoms with Crippen molar-refractivity contribution in [3.05, 3.63) is 28.8 Å². The van der Waals surface area contributed by atoms with Crippen LogP contribution in [0.3, 0.4) is 0 Å². The van der Waals surface area contributed by atoms with Crippen molar-refractivity contribution in [2.45, 2.75) is 27.2 Å². The predicted octanol–water partition coefficient (Wildman–Crippen LogP) is 3.55. The van der Waals surface area contributed by atoms with E-state index in [1.807, 2.05) is 18.2 Å². The van der Waals surface area contributed by atoms with Gasteiger partial charge in [0.2, 0.25) is 0 Å². The fourth-order valence-corrected chi connectivity index (χ4v) is 2.01. The highest BCUT2D eigenvalue weighted by Gasteiger charge is 2.25. The van der Waals surface area contributed by atoms with Gasteiger partial charge in [0.15, 0.2) is 0 Å². The first kappa shape index (κ1) is 14.3. The first-order valence-corrected chi connectivity index (χ1v) is 6.19. The summed E-state index contributed by atoms with van der Waals surface area (Å²) in [5.41, 5.74) is 1.11. The van der Waals surface area contributed by atoms with E-state index in [1.54, 1.807) is 7.11 Å². The molecule has 0 saturated carbocycles. The first-order valence-electron chi connectivity index (χ1n) is 5.81. The molecule has 1 N–H and O–H groups in total. The zero-order chi connectivity index (χ0) is 13.1. The molecule has 0 saturated heterocycles. The molecule has 0 aromatic heterocycles. The zero-order valence-corrected chi connectivity index (χ0v) is 11.7. The molecule has 0 aliphatic rings. The first-order chi connectivity index (χ1) is 7.88. The van der Waals surface area contributed by atoms with E-state index in [0.717, 1.165) is 17.7 Å². The Bertz CT molecular complexity index is 369. The number of hydrogen-bond donors (Lipinski definition) is 1. The van der Waals surface area contributed by atoms with Crippen molar-refractivity contribution in [2.24, 2.45) is 11.3 Å². The van der Waals surface area contributed by atoms with Crippen molar-refractivity contribution in [3.8, 4) is 5.75 Å². The number of methoxy groups -OCH3 is 1. The summed E-state index contributed by atoms with van der Waals surface area (Å²) in [5.74, 6) is 1.02. The standard InChI is InChI=1S/C14H21ClO2/c1-14(2,3)11(9-16)7-10-8-12(15)5-6-13(10)17-4/h5-6,8,11,16H,7,9H2,1-4H3. The van der Waals surface area contributed by atoms with Gasteiger partial charge in [-0.05, 0) is 41.5 Å². The number of halogens is 1. The van der Waals surface area contributed by atoms with Crippen LogP contribution in [0.5, 0.6) is 5.75 Å². The lowest BCUT2D eigenvalue weighted by molar-refractivity contribution is 0.130. The molecule has 1 aromatic carbocycles. The van der Waals surface area contributed by atoms with Crippen molar-refractivity contribution >= 4 is 11.6 Å². The van der Waals surface area contributed by atoms with Crippen LogP contribution < -0.4 is 4.74 Å². The number of ether oxygens (including phenoxy) is 1. The van der Waals surface area contributed by atoms with E-state index in [0.29, 0.717) is 5.02 Å². The largest absolute Gasteiger partial charge is 0.496 e. The maximum atomic E-state index is 9.48. The Morgan fingerprint density at radius 3 is 2.47 bits per heavy atom. The lowest BCUT2D eigenvalue weighted by atomic mass is 9.77. The van der Waals surface area contributed by atoms with Crippen LogP contribution in [-0.2, 0) is 6.42 Å². The van der Waals surface area contributed by atoms with Gasteiger partial charge in [0.05, 0.1) is 7.11 Å². The maximum Gasteiger partial charge on any atom is 0.122 e. The Morgan fingerprint density at radius 1 is 1.35 bits per heavy atom. The van der Waals surface area contributed by atoms with E-state index in [-0.39, 0.29) is 17.9 Å². The molecule has 2 nitrogen and oxygen atoms in total. The quantitative estimate of drug-likeness (QED) is 0.893. The molecule has 17 heavy (non-hydrogen) atoms. The van der Waals surface area contributed by atoms with Crippen molar-refractivity contribution in [1.82, 2.24) is 0 Å². The molecule has 0 radical (unpaired) electrons.